The molecule has 0 aromatic rings. The average molecular weight is 298 g/mol. The summed E-state index contributed by atoms with van der Waals surface area (Å²) >= 11 is 0. The molecule has 0 amide bonds. The number of fused-ring (bicyclic) bond motifs is 4. The monoisotopic (exact) mass is 298 g/mol. The molecule has 1 N–H and O–H groups in total. The quantitative estimate of drug-likeness (QED) is 0.547. The molecule has 0 aromatic carbocycles. The van der Waals surface area contributed by atoms with Crippen molar-refractivity contribution in [1.29, 1.82) is 0 Å². The first-order chi connectivity index (χ1) is 10.5. The van der Waals surface area contributed by atoms with E-state index >= 15 is 0 Å². The third kappa shape index (κ3) is 1.75. The van der Waals surface area contributed by atoms with E-state index in [9.17, 15) is 9.90 Å². The molecule has 0 aliphatic heterocycles. The van der Waals surface area contributed by atoms with E-state index in [1.165, 1.54) is 12.0 Å². The molecule has 2 saturated carbocycles. The van der Waals surface area contributed by atoms with Gasteiger partial charge in [0.15, 0.2) is 0 Å². The van der Waals surface area contributed by atoms with Gasteiger partial charge in [0.05, 0.1) is 0 Å². The lowest BCUT2D eigenvalue weighted by Gasteiger charge is -2.53. The van der Waals surface area contributed by atoms with Crippen molar-refractivity contribution in [2.24, 2.45) is 23.2 Å². The summed E-state index contributed by atoms with van der Waals surface area (Å²) in [6.07, 6.45) is 14.5. The normalized spacial score (nSPS) is 47.5. The van der Waals surface area contributed by atoms with Crippen LogP contribution in [0.15, 0.2) is 11.1 Å². The minimum Gasteiger partial charge on any atom is -0.377 e. The predicted molar refractivity (Wildman–Crippen MR) is 85.9 cm³/mol. The van der Waals surface area contributed by atoms with E-state index in [1.807, 2.05) is 0 Å². The maximum absolute atomic E-state index is 11.7. The van der Waals surface area contributed by atoms with Crippen molar-refractivity contribution in [1.82, 2.24) is 0 Å². The molecule has 2 fully saturated rings. The number of carbonyl (C=O) groups excluding carboxylic acids is 1. The van der Waals surface area contributed by atoms with Crippen molar-refractivity contribution in [3.63, 3.8) is 0 Å². The van der Waals surface area contributed by atoms with Crippen LogP contribution in [-0.4, -0.2) is 16.5 Å². The van der Waals surface area contributed by atoms with Crippen LogP contribution in [0.25, 0.3) is 0 Å². The summed E-state index contributed by atoms with van der Waals surface area (Å²) in [7, 11) is 0. The number of ketones is 1. The number of carbonyl (C=O) groups is 1. The largest absolute Gasteiger partial charge is 0.377 e. The van der Waals surface area contributed by atoms with Gasteiger partial charge in [0.25, 0.3) is 0 Å². The molecule has 0 bridgehead atoms. The van der Waals surface area contributed by atoms with Gasteiger partial charge in [-0.05, 0) is 62.7 Å². The van der Waals surface area contributed by atoms with Gasteiger partial charge < -0.3 is 5.11 Å². The van der Waals surface area contributed by atoms with Crippen molar-refractivity contribution in [3.8, 4) is 12.3 Å². The summed E-state index contributed by atoms with van der Waals surface area (Å²) in [5.74, 6) is 5.06. The van der Waals surface area contributed by atoms with E-state index < -0.39 is 5.60 Å². The van der Waals surface area contributed by atoms with E-state index in [0.717, 1.165) is 51.4 Å². The number of terminal acetylenes is 1. The Labute approximate surface area is 133 Å². The highest BCUT2D eigenvalue weighted by Gasteiger charge is 2.61. The van der Waals surface area contributed by atoms with Crippen molar-refractivity contribution < 1.29 is 9.90 Å². The van der Waals surface area contributed by atoms with E-state index in [-0.39, 0.29) is 5.41 Å². The molecule has 0 unspecified atom stereocenters. The number of aliphatic hydroxyl groups is 1. The number of allylic oxidation sites excluding steroid dienone is 2. The fraction of sp³-hybridized carbons (Fsp3) is 0.750. The SMILES string of the molecule is C#C[C@]1(O)CC[C@@H]2[C@H]3CCC4=C(CCC(=O)C4)[C@@H]3CC[C@@]21C. The minimum absolute atomic E-state index is 0.106. The summed E-state index contributed by atoms with van der Waals surface area (Å²) < 4.78 is 0. The number of hydrogen-bond acceptors (Lipinski definition) is 2. The molecule has 4 rings (SSSR count). The van der Waals surface area contributed by atoms with Crippen molar-refractivity contribution in [2.45, 2.75) is 70.3 Å². The molecule has 118 valence electrons. The second-order valence-electron chi connectivity index (χ2n) is 8.26. The molecular formula is C20H26O2. The highest BCUT2D eigenvalue weighted by molar-refractivity contribution is 5.82. The molecule has 4 aliphatic carbocycles. The predicted octanol–water partition coefficient (Wildman–Crippen LogP) is 3.64. The first-order valence-corrected chi connectivity index (χ1v) is 8.91. The van der Waals surface area contributed by atoms with Gasteiger partial charge in [-0.1, -0.05) is 24.0 Å². The zero-order chi connectivity index (χ0) is 15.5. The van der Waals surface area contributed by atoms with E-state index in [4.69, 9.17) is 6.42 Å². The topological polar surface area (TPSA) is 37.3 Å². The molecule has 0 heterocycles. The molecule has 2 heteroatoms. The fourth-order valence-electron chi connectivity index (χ4n) is 6.30. The van der Waals surface area contributed by atoms with Gasteiger partial charge in [0.1, 0.15) is 11.4 Å². The fourth-order valence-corrected chi connectivity index (χ4v) is 6.30. The van der Waals surface area contributed by atoms with Crippen LogP contribution in [0.5, 0.6) is 0 Å². The Kier molecular flexibility index (Phi) is 3.11. The molecular weight excluding hydrogens is 272 g/mol. The minimum atomic E-state index is -0.903. The molecule has 5 atom stereocenters. The van der Waals surface area contributed by atoms with Crippen molar-refractivity contribution >= 4 is 5.78 Å². The molecule has 22 heavy (non-hydrogen) atoms. The van der Waals surface area contributed by atoms with Crippen LogP contribution in [0.2, 0.25) is 0 Å². The van der Waals surface area contributed by atoms with Crippen LogP contribution >= 0.6 is 0 Å². The Bertz CT molecular complexity index is 595. The Balaban J connectivity index is 1.67. The van der Waals surface area contributed by atoms with Crippen LogP contribution in [-0.2, 0) is 4.79 Å². The second kappa shape index (κ2) is 4.71. The molecule has 0 radical (unpaired) electrons. The van der Waals surface area contributed by atoms with Crippen LogP contribution in [0.1, 0.15) is 64.7 Å². The standard InChI is InChI=1S/C20H26O2/c1-3-20(22)11-9-18-17-6-4-13-12-14(21)5-7-15(13)16(17)8-10-19(18,20)2/h1,16-18,22H,4-12H2,2H3/t16-,17-,18+,19-,20-/m0/s1. The van der Waals surface area contributed by atoms with Gasteiger partial charge in [0.2, 0.25) is 0 Å². The third-order valence-electron chi connectivity index (χ3n) is 7.59. The zero-order valence-electron chi connectivity index (χ0n) is 13.5. The summed E-state index contributed by atoms with van der Waals surface area (Å²) in [5, 5.41) is 10.9. The van der Waals surface area contributed by atoms with Crippen LogP contribution in [0.4, 0.5) is 0 Å². The maximum Gasteiger partial charge on any atom is 0.137 e. The van der Waals surface area contributed by atoms with Gasteiger partial charge in [-0.25, -0.2) is 0 Å². The lowest BCUT2D eigenvalue weighted by Crippen LogP contribution is -2.50. The summed E-state index contributed by atoms with van der Waals surface area (Å²) in [5.41, 5.74) is 2.08. The number of hydrogen-bond donors (Lipinski definition) is 1. The number of Topliss-reactive ketones (excluding diaryl/α,β-unsaturated/α-hetero) is 1. The van der Waals surface area contributed by atoms with Crippen molar-refractivity contribution in [3.05, 3.63) is 11.1 Å². The zero-order valence-corrected chi connectivity index (χ0v) is 13.5. The molecule has 4 aliphatic rings. The number of rotatable bonds is 0. The lowest BCUT2D eigenvalue weighted by molar-refractivity contribution is -0.119. The van der Waals surface area contributed by atoms with Gasteiger partial charge in [0, 0.05) is 18.3 Å². The molecule has 0 spiro atoms. The second-order valence-corrected chi connectivity index (χ2v) is 8.26. The van der Waals surface area contributed by atoms with Gasteiger partial charge >= 0.3 is 0 Å². The maximum atomic E-state index is 11.7. The Hall–Kier alpha value is -1.07. The average Bonchev–Trinajstić information content (AvgIpc) is 2.79. The van der Waals surface area contributed by atoms with E-state index in [1.54, 1.807) is 5.57 Å². The third-order valence-corrected chi connectivity index (χ3v) is 7.59. The van der Waals surface area contributed by atoms with Gasteiger partial charge in [-0.3, -0.25) is 4.79 Å². The smallest absolute Gasteiger partial charge is 0.137 e. The van der Waals surface area contributed by atoms with E-state index in [2.05, 4.69) is 12.8 Å². The lowest BCUT2D eigenvalue weighted by atomic mass is 9.52. The van der Waals surface area contributed by atoms with Gasteiger partial charge in [-0.2, -0.15) is 0 Å². The molecule has 0 saturated heterocycles. The summed E-state index contributed by atoms with van der Waals surface area (Å²) in [6, 6.07) is 0. The summed E-state index contributed by atoms with van der Waals surface area (Å²) in [6.45, 7) is 2.23. The molecule has 2 nitrogen and oxygen atoms in total. The first-order valence-electron chi connectivity index (χ1n) is 8.91. The van der Waals surface area contributed by atoms with Crippen molar-refractivity contribution in [2.75, 3.05) is 0 Å². The van der Waals surface area contributed by atoms with E-state index in [0.29, 0.717) is 23.5 Å². The van der Waals surface area contributed by atoms with Crippen LogP contribution < -0.4 is 0 Å². The van der Waals surface area contributed by atoms with Crippen LogP contribution in [0.3, 0.4) is 0 Å². The summed E-state index contributed by atoms with van der Waals surface area (Å²) in [4.78, 5) is 11.7. The Morgan fingerprint density at radius 2 is 2.00 bits per heavy atom. The highest BCUT2D eigenvalue weighted by atomic mass is 16.3. The Morgan fingerprint density at radius 1 is 1.18 bits per heavy atom. The first kappa shape index (κ1) is 14.5. The highest BCUT2D eigenvalue weighted by Crippen LogP contribution is 2.64. The van der Waals surface area contributed by atoms with Gasteiger partial charge in [-0.15, -0.1) is 6.42 Å². The Morgan fingerprint density at radius 3 is 2.77 bits per heavy atom. The molecule has 0 aromatic heterocycles. The van der Waals surface area contributed by atoms with Crippen LogP contribution in [0, 0.1) is 35.5 Å².